The fourth-order valence-corrected chi connectivity index (χ4v) is 2.72. The first-order valence-corrected chi connectivity index (χ1v) is 6.70. The number of halogens is 1. The van der Waals surface area contributed by atoms with Crippen molar-refractivity contribution < 1.29 is 23.2 Å². The summed E-state index contributed by atoms with van der Waals surface area (Å²) in [4.78, 5) is 19.8. The van der Waals surface area contributed by atoms with Crippen LogP contribution in [0.2, 0.25) is 5.02 Å². The molecule has 0 spiro atoms. The third-order valence-corrected chi connectivity index (χ3v) is 3.93. The molecule has 0 heterocycles. The van der Waals surface area contributed by atoms with Crippen LogP contribution in [0.5, 0.6) is 0 Å². The zero-order chi connectivity index (χ0) is 14.8. The minimum Gasteiger partial charge on any atom is -0.480 e. The lowest BCUT2D eigenvalue weighted by Crippen LogP contribution is -2.38. The number of carbonyl (C=O) groups is 1. The number of nitro groups is 1. The number of nitro benzene ring substituents is 1. The zero-order valence-electron chi connectivity index (χ0n) is 9.53. The van der Waals surface area contributed by atoms with Gasteiger partial charge in [-0.05, 0) is 19.1 Å². The van der Waals surface area contributed by atoms with E-state index in [4.69, 9.17) is 16.7 Å². The smallest absolute Gasteiger partial charge is 0.321 e. The average molecular weight is 309 g/mol. The summed E-state index contributed by atoms with van der Waals surface area (Å²) in [6, 6.07) is 1.56. The number of carboxylic acid groups (broad SMARTS) is 1. The second kappa shape index (κ2) is 5.51. The van der Waals surface area contributed by atoms with E-state index in [2.05, 4.69) is 0 Å². The van der Waals surface area contributed by atoms with Gasteiger partial charge >= 0.3 is 5.97 Å². The highest BCUT2D eigenvalue weighted by molar-refractivity contribution is 7.89. The van der Waals surface area contributed by atoms with Crippen LogP contribution in [0, 0.1) is 10.1 Å². The molecular formula is C9H9ClN2O6S. The third-order valence-electron chi connectivity index (χ3n) is 2.11. The van der Waals surface area contributed by atoms with E-state index in [0.29, 0.717) is 0 Å². The molecule has 0 aliphatic rings. The Balaban J connectivity index is 3.29. The Morgan fingerprint density at radius 3 is 2.58 bits per heavy atom. The molecule has 1 unspecified atom stereocenters. The Hall–Kier alpha value is -1.71. The topological polar surface area (TPSA) is 127 Å². The molecule has 1 aromatic rings. The van der Waals surface area contributed by atoms with Crippen molar-refractivity contribution in [2.24, 2.45) is 0 Å². The van der Waals surface area contributed by atoms with Crippen molar-refractivity contribution >= 4 is 33.3 Å². The average Bonchev–Trinajstić information content (AvgIpc) is 2.27. The number of sulfonamides is 1. The van der Waals surface area contributed by atoms with Crippen molar-refractivity contribution in [3.05, 3.63) is 33.3 Å². The monoisotopic (exact) mass is 308 g/mol. The second-order valence-corrected chi connectivity index (χ2v) is 5.67. The SMILES string of the molecule is CC(NS(=O)(=O)c1ccc(Cl)cc1[N+](=O)[O-])C(=O)O. The van der Waals surface area contributed by atoms with Gasteiger partial charge in [-0.2, -0.15) is 4.72 Å². The van der Waals surface area contributed by atoms with Crippen molar-refractivity contribution in [2.75, 3.05) is 0 Å². The Kier molecular flexibility index (Phi) is 4.45. The summed E-state index contributed by atoms with van der Waals surface area (Å²) in [6.07, 6.45) is 0. The summed E-state index contributed by atoms with van der Waals surface area (Å²) < 4.78 is 25.5. The maximum Gasteiger partial charge on any atom is 0.321 e. The van der Waals surface area contributed by atoms with E-state index in [1.807, 2.05) is 4.72 Å². The minimum absolute atomic E-state index is 0.00284. The largest absolute Gasteiger partial charge is 0.480 e. The minimum atomic E-state index is -4.33. The molecule has 2 N–H and O–H groups in total. The lowest BCUT2D eigenvalue weighted by Gasteiger charge is -2.10. The van der Waals surface area contributed by atoms with Crippen molar-refractivity contribution in [1.29, 1.82) is 0 Å². The van der Waals surface area contributed by atoms with Crippen LogP contribution in [0.1, 0.15) is 6.92 Å². The summed E-state index contributed by atoms with van der Waals surface area (Å²) in [6.45, 7) is 1.10. The van der Waals surface area contributed by atoms with Crippen LogP contribution in [0.3, 0.4) is 0 Å². The van der Waals surface area contributed by atoms with Crippen molar-refractivity contribution in [3.8, 4) is 0 Å². The van der Waals surface area contributed by atoms with E-state index < -0.39 is 37.5 Å². The Morgan fingerprint density at radius 2 is 2.11 bits per heavy atom. The van der Waals surface area contributed by atoms with Gasteiger partial charge in [-0.25, -0.2) is 8.42 Å². The maximum atomic E-state index is 11.9. The molecule has 0 fully saturated rings. The molecule has 0 amide bonds. The predicted octanol–water partition coefficient (Wildman–Crippen LogP) is 1.000. The normalized spacial score (nSPS) is 12.9. The fraction of sp³-hybridized carbons (Fsp3) is 0.222. The van der Waals surface area contributed by atoms with Crippen LogP contribution in [-0.4, -0.2) is 30.5 Å². The number of nitrogens with zero attached hydrogens (tertiary/aromatic N) is 1. The second-order valence-electron chi connectivity index (χ2n) is 3.55. The van der Waals surface area contributed by atoms with Gasteiger partial charge in [0.2, 0.25) is 10.0 Å². The van der Waals surface area contributed by atoms with Gasteiger partial charge in [0, 0.05) is 11.1 Å². The zero-order valence-corrected chi connectivity index (χ0v) is 11.1. The first-order chi connectivity index (χ1) is 8.65. The number of carboxylic acids is 1. The van der Waals surface area contributed by atoms with Gasteiger partial charge in [0.15, 0.2) is 4.90 Å². The van der Waals surface area contributed by atoms with Gasteiger partial charge in [0.25, 0.3) is 5.69 Å². The summed E-state index contributed by atoms with van der Waals surface area (Å²) in [5.41, 5.74) is -0.724. The number of hydrogen-bond donors (Lipinski definition) is 2. The van der Waals surface area contributed by atoms with Crippen LogP contribution in [0.15, 0.2) is 23.1 Å². The number of hydrogen-bond acceptors (Lipinski definition) is 5. The highest BCUT2D eigenvalue weighted by Crippen LogP contribution is 2.27. The van der Waals surface area contributed by atoms with Gasteiger partial charge in [-0.15, -0.1) is 0 Å². The summed E-state index contributed by atoms with van der Waals surface area (Å²) in [5, 5.41) is 19.4. The number of rotatable bonds is 5. The highest BCUT2D eigenvalue weighted by Gasteiger charge is 2.29. The first-order valence-electron chi connectivity index (χ1n) is 4.84. The quantitative estimate of drug-likeness (QED) is 0.617. The molecule has 0 aliphatic heterocycles. The van der Waals surface area contributed by atoms with Crippen molar-refractivity contribution in [3.63, 3.8) is 0 Å². The van der Waals surface area contributed by atoms with Gasteiger partial charge < -0.3 is 5.11 Å². The molecule has 19 heavy (non-hydrogen) atoms. The molecule has 1 rings (SSSR count). The standard InChI is InChI=1S/C9H9ClN2O6S/c1-5(9(13)14)11-19(17,18)8-3-2-6(10)4-7(8)12(15)16/h2-5,11H,1H3,(H,13,14). The molecule has 1 atom stereocenters. The molecule has 0 radical (unpaired) electrons. The van der Waals surface area contributed by atoms with Crippen LogP contribution < -0.4 is 4.72 Å². The third kappa shape index (κ3) is 3.63. The summed E-state index contributed by atoms with van der Waals surface area (Å²) in [5.74, 6) is -1.40. The summed E-state index contributed by atoms with van der Waals surface area (Å²) in [7, 11) is -4.33. The van der Waals surface area contributed by atoms with Crippen LogP contribution in [0.25, 0.3) is 0 Å². The molecule has 0 aromatic heterocycles. The molecule has 0 saturated heterocycles. The van der Waals surface area contributed by atoms with Crippen LogP contribution in [-0.2, 0) is 14.8 Å². The lowest BCUT2D eigenvalue weighted by atomic mass is 10.3. The van der Waals surface area contributed by atoms with Gasteiger partial charge in [-0.1, -0.05) is 11.6 Å². The van der Waals surface area contributed by atoms with Crippen LogP contribution >= 0.6 is 11.6 Å². The van der Waals surface area contributed by atoms with E-state index in [1.54, 1.807) is 0 Å². The van der Waals surface area contributed by atoms with Gasteiger partial charge in [0.05, 0.1) is 4.92 Å². The molecule has 0 bridgehead atoms. The number of nitrogens with one attached hydrogen (secondary N) is 1. The predicted molar refractivity (Wildman–Crippen MR) is 65.5 cm³/mol. The number of benzene rings is 1. The Morgan fingerprint density at radius 1 is 1.53 bits per heavy atom. The molecule has 104 valence electrons. The molecular weight excluding hydrogens is 300 g/mol. The van der Waals surface area contributed by atoms with E-state index >= 15 is 0 Å². The first kappa shape index (κ1) is 15.3. The van der Waals surface area contributed by atoms with Gasteiger partial charge in [0.1, 0.15) is 6.04 Å². The fourth-order valence-electron chi connectivity index (χ4n) is 1.21. The Bertz CT molecular complexity index is 630. The molecule has 8 nitrogen and oxygen atoms in total. The maximum absolute atomic E-state index is 11.9. The van der Waals surface area contributed by atoms with E-state index in [1.165, 1.54) is 0 Å². The number of aliphatic carboxylic acids is 1. The Labute approximate surface area is 113 Å². The molecule has 0 saturated carbocycles. The van der Waals surface area contributed by atoms with E-state index in [9.17, 15) is 23.3 Å². The summed E-state index contributed by atoms with van der Waals surface area (Å²) >= 11 is 5.55. The van der Waals surface area contributed by atoms with Crippen LogP contribution in [0.4, 0.5) is 5.69 Å². The van der Waals surface area contributed by atoms with Gasteiger partial charge in [-0.3, -0.25) is 14.9 Å². The molecule has 1 aromatic carbocycles. The molecule has 10 heteroatoms. The highest BCUT2D eigenvalue weighted by atomic mass is 35.5. The van der Waals surface area contributed by atoms with Crippen molar-refractivity contribution in [2.45, 2.75) is 17.9 Å². The lowest BCUT2D eigenvalue weighted by molar-refractivity contribution is -0.387. The van der Waals surface area contributed by atoms with E-state index in [-0.39, 0.29) is 5.02 Å². The van der Waals surface area contributed by atoms with Crippen molar-refractivity contribution in [1.82, 2.24) is 4.72 Å². The molecule has 0 aliphatic carbocycles. The van der Waals surface area contributed by atoms with E-state index in [0.717, 1.165) is 25.1 Å².